The van der Waals surface area contributed by atoms with Crippen molar-refractivity contribution in [2.75, 3.05) is 0 Å². The maximum Gasteiger partial charge on any atom is 0.166 e. The minimum atomic E-state index is -0.717. The predicted molar refractivity (Wildman–Crippen MR) is 136 cm³/mol. The molecule has 0 spiro atoms. The van der Waals surface area contributed by atoms with Crippen LogP contribution in [0.25, 0.3) is 10.8 Å². The predicted octanol–water partition coefficient (Wildman–Crippen LogP) is 9.10. The van der Waals surface area contributed by atoms with Crippen molar-refractivity contribution in [1.29, 1.82) is 0 Å². The molecule has 2 heteroatoms. The maximum absolute atomic E-state index is 14.5. The van der Waals surface area contributed by atoms with E-state index in [2.05, 4.69) is 43.3 Å². The summed E-state index contributed by atoms with van der Waals surface area (Å²) in [4.78, 5) is 0. The number of fused-ring (bicyclic) bond motifs is 1. The standard InChI is InChI=1S/C31H36F2/c1-3-5-6-7-22-10-15-26(16-11-22)27-17-12-23(13-18-27)8-9-24-14-19-28-21-25(4-2)30(32)31(33)29(28)20-24/h6-7,12-14,17-22,26H,3-5,8-11,15-16H2,1-2H3/b7-6+. The number of hydrogen-bond acceptors (Lipinski definition) is 0. The molecule has 0 aliphatic heterocycles. The Morgan fingerprint density at radius 2 is 1.52 bits per heavy atom. The Morgan fingerprint density at radius 3 is 2.21 bits per heavy atom. The van der Waals surface area contributed by atoms with Crippen LogP contribution in [0.5, 0.6) is 0 Å². The van der Waals surface area contributed by atoms with Crippen molar-refractivity contribution in [2.45, 2.75) is 77.6 Å². The summed E-state index contributed by atoms with van der Waals surface area (Å²) in [6.07, 6.45) is 14.6. The first-order valence-electron chi connectivity index (χ1n) is 12.7. The molecule has 0 heterocycles. The summed E-state index contributed by atoms with van der Waals surface area (Å²) in [7, 11) is 0. The summed E-state index contributed by atoms with van der Waals surface area (Å²) < 4.78 is 28.8. The van der Waals surface area contributed by atoms with Gasteiger partial charge in [0.2, 0.25) is 0 Å². The van der Waals surface area contributed by atoms with Gasteiger partial charge in [-0.05, 0) is 103 Å². The molecule has 0 aromatic heterocycles. The third-order valence-electron chi connectivity index (χ3n) is 7.33. The highest BCUT2D eigenvalue weighted by atomic mass is 19.2. The molecule has 1 saturated carbocycles. The van der Waals surface area contributed by atoms with Gasteiger partial charge >= 0.3 is 0 Å². The molecule has 0 atom stereocenters. The molecule has 0 unspecified atom stereocenters. The lowest BCUT2D eigenvalue weighted by Gasteiger charge is -2.27. The number of aryl methyl sites for hydroxylation is 3. The summed E-state index contributed by atoms with van der Waals surface area (Å²) in [5, 5.41) is 1.16. The van der Waals surface area contributed by atoms with Gasteiger partial charge in [0.05, 0.1) is 0 Å². The minimum absolute atomic E-state index is 0.387. The number of rotatable bonds is 8. The molecule has 0 amide bonds. The van der Waals surface area contributed by atoms with Crippen LogP contribution in [0.1, 0.15) is 80.5 Å². The Morgan fingerprint density at radius 1 is 0.818 bits per heavy atom. The lowest BCUT2D eigenvalue weighted by molar-refractivity contribution is 0.375. The van der Waals surface area contributed by atoms with E-state index in [9.17, 15) is 8.78 Å². The van der Waals surface area contributed by atoms with Gasteiger partial charge in [0.1, 0.15) is 0 Å². The number of hydrogen-bond donors (Lipinski definition) is 0. The number of allylic oxidation sites excluding steroid dienone is 2. The van der Waals surface area contributed by atoms with Gasteiger partial charge in [0, 0.05) is 5.39 Å². The Labute approximate surface area is 197 Å². The molecule has 0 N–H and O–H groups in total. The van der Waals surface area contributed by atoms with E-state index in [0.29, 0.717) is 23.3 Å². The second-order valence-electron chi connectivity index (χ2n) is 9.64. The molecule has 3 aromatic carbocycles. The third kappa shape index (κ3) is 5.72. The molecule has 0 bridgehead atoms. The van der Waals surface area contributed by atoms with E-state index in [1.165, 1.54) is 49.7 Å². The van der Waals surface area contributed by atoms with Crippen LogP contribution in [0.15, 0.2) is 60.7 Å². The first-order chi connectivity index (χ1) is 16.1. The van der Waals surface area contributed by atoms with Crippen LogP contribution in [-0.2, 0) is 19.3 Å². The fourth-order valence-corrected chi connectivity index (χ4v) is 5.19. The molecule has 1 fully saturated rings. The van der Waals surface area contributed by atoms with Gasteiger partial charge < -0.3 is 0 Å². The molecule has 4 rings (SSSR count). The fraction of sp³-hybridized carbons (Fsp3) is 0.419. The lowest BCUT2D eigenvalue weighted by Crippen LogP contribution is -2.11. The molecule has 0 nitrogen and oxygen atoms in total. The van der Waals surface area contributed by atoms with Gasteiger partial charge in [-0.1, -0.05) is 68.8 Å². The van der Waals surface area contributed by atoms with Gasteiger partial charge in [-0.2, -0.15) is 0 Å². The van der Waals surface area contributed by atoms with Crippen LogP contribution in [0, 0.1) is 17.6 Å². The quantitative estimate of drug-likeness (QED) is 0.303. The molecule has 0 radical (unpaired) electrons. The van der Waals surface area contributed by atoms with Gasteiger partial charge in [-0.3, -0.25) is 0 Å². The second kappa shape index (κ2) is 11.1. The van der Waals surface area contributed by atoms with E-state index in [1.807, 2.05) is 25.1 Å². The van der Waals surface area contributed by atoms with E-state index in [-0.39, 0.29) is 0 Å². The van der Waals surface area contributed by atoms with Gasteiger partial charge in [-0.25, -0.2) is 8.78 Å². The number of benzene rings is 3. The monoisotopic (exact) mass is 446 g/mol. The zero-order chi connectivity index (χ0) is 23.2. The van der Waals surface area contributed by atoms with Crippen molar-refractivity contribution in [2.24, 2.45) is 5.92 Å². The van der Waals surface area contributed by atoms with Gasteiger partial charge in [0.15, 0.2) is 11.6 Å². The highest BCUT2D eigenvalue weighted by molar-refractivity contribution is 5.84. The van der Waals surface area contributed by atoms with Crippen LogP contribution in [0.4, 0.5) is 8.78 Å². The Kier molecular flexibility index (Phi) is 7.96. The van der Waals surface area contributed by atoms with E-state index in [1.54, 1.807) is 6.07 Å². The number of halogens is 2. The lowest BCUT2D eigenvalue weighted by atomic mass is 9.78. The average molecular weight is 447 g/mol. The van der Waals surface area contributed by atoms with Crippen LogP contribution in [0.3, 0.4) is 0 Å². The molecule has 3 aromatic rings. The van der Waals surface area contributed by atoms with E-state index in [0.717, 1.165) is 29.7 Å². The zero-order valence-corrected chi connectivity index (χ0v) is 20.0. The topological polar surface area (TPSA) is 0 Å². The first kappa shape index (κ1) is 23.7. The molecular formula is C31H36F2. The number of unbranched alkanes of at least 4 members (excludes halogenated alkanes) is 1. The van der Waals surface area contributed by atoms with E-state index in [4.69, 9.17) is 0 Å². The molecule has 33 heavy (non-hydrogen) atoms. The highest BCUT2D eigenvalue weighted by Gasteiger charge is 2.20. The fourth-order valence-electron chi connectivity index (χ4n) is 5.19. The van der Waals surface area contributed by atoms with Crippen molar-refractivity contribution in [3.8, 4) is 0 Å². The van der Waals surface area contributed by atoms with Gasteiger partial charge in [-0.15, -0.1) is 0 Å². The van der Waals surface area contributed by atoms with Crippen LogP contribution in [-0.4, -0.2) is 0 Å². The zero-order valence-electron chi connectivity index (χ0n) is 20.0. The second-order valence-corrected chi connectivity index (χ2v) is 9.64. The summed E-state index contributed by atoms with van der Waals surface area (Å²) in [6, 6.07) is 16.6. The average Bonchev–Trinajstić information content (AvgIpc) is 2.86. The molecule has 1 aliphatic rings. The van der Waals surface area contributed by atoms with Gasteiger partial charge in [0.25, 0.3) is 0 Å². The van der Waals surface area contributed by atoms with Crippen molar-refractivity contribution in [3.63, 3.8) is 0 Å². The Hall–Kier alpha value is -2.48. The maximum atomic E-state index is 14.5. The Bertz CT molecular complexity index is 1090. The molecule has 0 saturated heterocycles. The van der Waals surface area contributed by atoms with Crippen molar-refractivity contribution < 1.29 is 8.78 Å². The summed E-state index contributed by atoms with van der Waals surface area (Å²) in [5.74, 6) is 0.0250. The van der Waals surface area contributed by atoms with E-state index < -0.39 is 11.6 Å². The van der Waals surface area contributed by atoms with Crippen molar-refractivity contribution in [1.82, 2.24) is 0 Å². The van der Waals surface area contributed by atoms with Crippen molar-refractivity contribution in [3.05, 3.63) is 94.6 Å². The molecule has 174 valence electrons. The normalized spacial score (nSPS) is 18.9. The third-order valence-corrected chi connectivity index (χ3v) is 7.33. The van der Waals surface area contributed by atoms with E-state index >= 15 is 0 Å². The minimum Gasteiger partial charge on any atom is -0.203 e. The summed E-state index contributed by atoms with van der Waals surface area (Å²) in [6.45, 7) is 4.08. The summed E-state index contributed by atoms with van der Waals surface area (Å²) in [5.41, 5.74) is 4.24. The smallest absolute Gasteiger partial charge is 0.166 e. The van der Waals surface area contributed by atoms with Crippen LogP contribution >= 0.6 is 0 Å². The molecular weight excluding hydrogens is 410 g/mol. The van der Waals surface area contributed by atoms with Crippen LogP contribution < -0.4 is 0 Å². The van der Waals surface area contributed by atoms with Crippen molar-refractivity contribution >= 4 is 10.8 Å². The molecule has 1 aliphatic carbocycles. The first-order valence-corrected chi connectivity index (χ1v) is 12.7. The highest BCUT2D eigenvalue weighted by Crippen LogP contribution is 2.36. The van der Waals surface area contributed by atoms with Crippen LogP contribution in [0.2, 0.25) is 0 Å². The SMILES string of the molecule is CCC/C=C/C1CCC(c2ccc(CCc3ccc4cc(CC)c(F)c(F)c4c3)cc2)CC1. The Balaban J connectivity index is 1.35. The summed E-state index contributed by atoms with van der Waals surface area (Å²) >= 11 is 0. The largest absolute Gasteiger partial charge is 0.203 e.